The quantitative estimate of drug-likeness (QED) is 0.695. The number of nitrogens with zero attached hydrogens (tertiary/aromatic N) is 1. The molecule has 2 N–H and O–H groups in total. The Hall–Kier alpha value is -0.340. The third-order valence-corrected chi connectivity index (χ3v) is 3.56. The van der Waals surface area contributed by atoms with E-state index in [0.29, 0.717) is 6.04 Å². The van der Waals surface area contributed by atoms with Crippen LogP contribution in [0, 0.1) is 0 Å². The summed E-state index contributed by atoms with van der Waals surface area (Å²) in [7, 11) is 0. The molecule has 1 fully saturated rings. The molecule has 1 aliphatic heterocycles. The van der Waals surface area contributed by atoms with Crippen LogP contribution < -0.4 is 5.73 Å². The second-order valence-corrected chi connectivity index (χ2v) is 4.61. The minimum absolute atomic E-state index is 0.665. The summed E-state index contributed by atoms with van der Waals surface area (Å²) in [6.07, 6.45) is 10.5. The fourth-order valence-electron chi connectivity index (χ4n) is 2.68. The predicted molar refractivity (Wildman–Crippen MR) is 60.2 cm³/mol. The maximum atomic E-state index is 5.77. The Morgan fingerprint density at radius 1 is 1.36 bits per heavy atom. The van der Waals surface area contributed by atoms with Gasteiger partial charge in [-0.25, -0.2) is 0 Å². The van der Waals surface area contributed by atoms with Crippen LogP contribution in [0.15, 0.2) is 11.6 Å². The average molecular weight is 194 g/mol. The summed E-state index contributed by atoms with van der Waals surface area (Å²) in [6, 6.07) is 0.665. The van der Waals surface area contributed by atoms with Gasteiger partial charge in [-0.3, -0.25) is 4.90 Å². The molecule has 0 aromatic rings. The van der Waals surface area contributed by atoms with Crippen LogP contribution in [0.4, 0.5) is 0 Å². The zero-order valence-corrected chi connectivity index (χ0v) is 9.04. The van der Waals surface area contributed by atoms with Gasteiger partial charge in [-0.2, -0.15) is 0 Å². The Labute approximate surface area is 87.2 Å². The van der Waals surface area contributed by atoms with Gasteiger partial charge in [0.25, 0.3) is 0 Å². The summed E-state index contributed by atoms with van der Waals surface area (Å²) < 4.78 is 0. The molecule has 0 aromatic carbocycles. The van der Waals surface area contributed by atoms with Crippen molar-refractivity contribution in [3.05, 3.63) is 11.6 Å². The van der Waals surface area contributed by atoms with Crippen LogP contribution in [-0.2, 0) is 0 Å². The van der Waals surface area contributed by atoms with E-state index in [0.717, 1.165) is 6.54 Å². The van der Waals surface area contributed by atoms with Gasteiger partial charge in [-0.1, -0.05) is 11.6 Å². The van der Waals surface area contributed by atoms with Gasteiger partial charge in [0.2, 0.25) is 0 Å². The van der Waals surface area contributed by atoms with Crippen LogP contribution in [0.25, 0.3) is 0 Å². The summed E-state index contributed by atoms with van der Waals surface area (Å²) in [5.74, 6) is 0. The molecule has 1 aliphatic carbocycles. The van der Waals surface area contributed by atoms with Gasteiger partial charge in [0.1, 0.15) is 0 Å². The van der Waals surface area contributed by atoms with Crippen molar-refractivity contribution in [3.8, 4) is 0 Å². The van der Waals surface area contributed by atoms with E-state index in [2.05, 4.69) is 11.0 Å². The van der Waals surface area contributed by atoms with Gasteiger partial charge >= 0.3 is 0 Å². The van der Waals surface area contributed by atoms with Crippen LogP contribution in [0.1, 0.15) is 38.5 Å². The first-order valence-corrected chi connectivity index (χ1v) is 6.02. The van der Waals surface area contributed by atoms with Gasteiger partial charge in [-0.15, -0.1) is 0 Å². The molecule has 0 amide bonds. The third kappa shape index (κ3) is 2.37. The lowest BCUT2D eigenvalue weighted by molar-refractivity contribution is 0.276. The SMILES string of the molecule is NCC1CCCN1CC1=CCCCC1. The van der Waals surface area contributed by atoms with E-state index in [1.54, 1.807) is 5.57 Å². The molecule has 2 heteroatoms. The molecule has 0 aromatic heterocycles. The number of hydrogen-bond acceptors (Lipinski definition) is 2. The average Bonchev–Trinajstić information content (AvgIpc) is 2.67. The van der Waals surface area contributed by atoms with Crippen LogP contribution in [0.3, 0.4) is 0 Å². The Bertz CT molecular complexity index is 210. The zero-order chi connectivity index (χ0) is 9.80. The van der Waals surface area contributed by atoms with Gasteiger partial charge in [-0.05, 0) is 45.1 Å². The van der Waals surface area contributed by atoms with Gasteiger partial charge in [0.15, 0.2) is 0 Å². The van der Waals surface area contributed by atoms with Crippen molar-refractivity contribution >= 4 is 0 Å². The van der Waals surface area contributed by atoms with Crippen molar-refractivity contribution in [2.45, 2.75) is 44.6 Å². The summed E-state index contributed by atoms with van der Waals surface area (Å²) in [5.41, 5.74) is 7.43. The lowest BCUT2D eigenvalue weighted by Gasteiger charge is -2.25. The number of likely N-dealkylation sites (tertiary alicyclic amines) is 1. The minimum atomic E-state index is 0.665. The molecule has 0 saturated carbocycles. The Morgan fingerprint density at radius 3 is 3.00 bits per heavy atom. The van der Waals surface area contributed by atoms with E-state index < -0.39 is 0 Å². The van der Waals surface area contributed by atoms with Crippen molar-refractivity contribution in [2.75, 3.05) is 19.6 Å². The van der Waals surface area contributed by atoms with E-state index in [9.17, 15) is 0 Å². The standard InChI is InChI=1S/C12H22N2/c13-9-12-7-4-8-14(12)10-11-5-2-1-3-6-11/h5,12H,1-4,6-10,13H2. The molecular formula is C12H22N2. The van der Waals surface area contributed by atoms with Gasteiger partial charge in [0, 0.05) is 19.1 Å². The van der Waals surface area contributed by atoms with Crippen molar-refractivity contribution in [1.82, 2.24) is 4.90 Å². The van der Waals surface area contributed by atoms with E-state index in [4.69, 9.17) is 5.73 Å². The molecular weight excluding hydrogens is 172 g/mol. The Balaban J connectivity index is 1.86. The highest BCUT2D eigenvalue weighted by Gasteiger charge is 2.23. The van der Waals surface area contributed by atoms with Crippen molar-refractivity contribution in [2.24, 2.45) is 5.73 Å². The number of rotatable bonds is 3. The lowest BCUT2D eigenvalue weighted by Crippen LogP contribution is -2.36. The Morgan fingerprint density at radius 2 is 2.29 bits per heavy atom. The summed E-state index contributed by atoms with van der Waals surface area (Å²) in [4.78, 5) is 2.58. The molecule has 14 heavy (non-hydrogen) atoms. The maximum absolute atomic E-state index is 5.77. The van der Waals surface area contributed by atoms with E-state index >= 15 is 0 Å². The summed E-state index contributed by atoms with van der Waals surface area (Å²) in [5, 5.41) is 0. The highest BCUT2D eigenvalue weighted by Crippen LogP contribution is 2.22. The predicted octanol–water partition coefficient (Wildman–Crippen LogP) is 1.91. The van der Waals surface area contributed by atoms with Crippen LogP contribution in [-0.4, -0.2) is 30.6 Å². The largest absolute Gasteiger partial charge is 0.329 e. The Kier molecular flexibility index (Phi) is 3.60. The van der Waals surface area contributed by atoms with Crippen LogP contribution >= 0.6 is 0 Å². The first-order chi connectivity index (χ1) is 6.90. The van der Waals surface area contributed by atoms with Gasteiger partial charge < -0.3 is 5.73 Å². The smallest absolute Gasteiger partial charge is 0.0222 e. The number of allylic oxidation sites excluding steroid dienone is 1. The van der Waals surface area contributed by atoms with E-state index in [1.165, 1.54) is 51.6 Å². The molecule has 0 radical (unpaired) electrons. The van der Waals surface area contributed by atoms with Crippen LogP contribution in [0.2, 0.25) is 0 Å². The first-order valence-electron chi connectivity index (χ1n) is 6.02. The summed E-state index contributed by atoms with van der Waals surface area (Å²) >= 11 is 0. The second-order valence-electron chi connectivity index (χ2n) is 4.61. The first kappa shape index (κ1) is 10.2. The normalized spacial score (nSPS) is 29.2. The second kappa shape index (κ2) is 4.94. The van der Waals surface area contributed by atoms with E-state index in [-0.39, 0.29) is 0 Å². The number of nitrogens with two attached hydrogens (primary N) is 1. The van der Waals surface area contributed by atoms with Crippen molar-refractivity contribution < 1.29 is 0 Å². The third-order valence-electron chi connectivity index (χ3n) is 3.56. The minimum Gasteiger partial charge on any atom is -0.329 e. The zero-order valence-electron chi connectivity index (χ0n) is 9.04. The molecule has 2 rings (SSSR count). The molecule has 80 valence electrons. The monoisotopic (exact) mass is 194 g/mol. The molecule has 1 atom stereocenters. The molecule has 1 heterocycles. The molecule has 0 spiro atoms. The highest BCUT2D eigenvalue weighted by molar-refractivity contribution is 5.08. The lowest BCUT2D eigenvalue weighted by atomic mass is 9.99. The van der Waals surface area contributed by atoms with Gasteiger partial charge in [0.05, 0.1) is 0 Å². The summed E-state index contributed by atoms with van der Waals surface area (Å²) in [6.45, 7) is 3.30. The molecule has 2 aliphatic rings. The number of hydrogen-bond donors (Lipinski definition) is 1. The highest BCUT2D eigenvalue weighted by atomic mass is 15.2. The topological polar surface area (TPSA) is 29.3 Å². The molecule has 1 unspecified atom stereocenters. The van der Waals surface area contributed by atoms with Crippen molar-refractivity contribution in [3.63, 3.8) is 0 Å². The maximum Gasteiger partial charge on any atom is 0.0222 e. The van der Waals surface area contributed by atoms with E-state index in [1.807, 2.05) is 0 Å². The fourth-order valence-corrected chi connectivity index (χ4v) is 2.68. The molecule has 1 saturated heterocycles. The van der Waals surface area contributed by atoms with Crippen molar-refractivity contribution in [1.29, 1.82) is 0 Å². The molecule has 2 nitrogen and oxygen atoms in total. The fraction of sp³-hybridized carbons (Fsp3) is 0.833. The van der Waals surface area contributed by atoms with Crippen LogP contribution in [0.5, 0.6) is 0 Å². The molecule has 0 bridgehead atoms.